The molecule has 4 aromatic carbocycles. The van der Waals surface area contributed by atoms with Crippen LogP contribution < -0.4 is 4.74 Å². The Balaban J connectivity index is 1.70. The van der Waals surface area contributed by atoms with Gasteiger partial charge in [-0.25, -0.2) is 0 Å². The molecule has 2 atom stereocenters. The van der Waals surface area contributed by atoms with Crippen LogP contribution in [0.2, 0.25) is 5.02 Å². The third kappa shape index (κ3) is 4.66. The number of Topliss-reactive ketones (excluding diaryl/α,β-unsaturated/α-hetero) is 1. The molecule has 2 unspecified atom stereocenters. The molecule has 158 valence electrons. The number of ether oxygens (including phenoxy) is 1. The summed E-state index contributed by atoms with van der Waals surface area (Å²) in [4.78, 5) is 13.3. The van der Waals surface area contributed by atoms with Crippen molar-refractivity contribution in [3.05, 3.63) is 113 Å². The van der Waals surface area contributed by atoms with Crippen molar-refractivity contribution in [3.63, 3.8) is 0 Å². The van der Waals surface area contributed by atoms with Gasteiger partial charge in [-0.2, -0.15) is 5.26 Å². The van der Waals surface area contributed by atoms with E-state index in [1.54, 1.807) is 19.2 Å². The Morgan fingerprint density at radius 2 is 1.56 bits per heavy atom. The SMILES string of the molecule is COc1ccc(C(CC(=O)c2ccc3ccccc3c2)C(C#N)c2ccc(Cl)cc2)cc1. The van der Waals surface area contributed by atoms with Crippen LogP contribution in [0.1, 0.15) is 39.7 Å². The largest absolute Gasteiger partial charge is 0.497 e. The van der Waals surface area contributed by atoms with Crippen LogP contribution in [0.25, 0.3) is 10.8 Å². The van der Waals surface area contributed by atoms with Gasteiger partial charge in [-0.05, 0) is 52.2 Å². The Morgan fingerprint density at radius 3 is 2.22 bits per heavy atom. The van der Waals surface area contributed by atoms with Gasteiger partial charge in [0.05, 0.1) is 19.1 Å². The summed E-state index contributed by atoms with van der Waals surface area (Å²) in [7, 11) is 1.61. The minimum absolute atomic E-state index is 0.00536. The Hall–Kier alpha value is -3.61. The summed E-state index contributed by atoms with van der Waals surface area (Å²) in [5.41, 5.74) is 2.40. The monoisotopic (exact) mass is 439 g/mol. The number of nitriles is 1. The predicted octanol–water partition coefficient (Wildman–Crippen LogP) is 7.17. The second-order valence-corrected chi connectivity index (χ2v) is 8.16. The van der Waals surface area contributed by atoms with E-state index in [-0.39, 0.29) is 18.1 Å². The maximum absolute atomic E-state index is 13.3. The molecule has 0 radical (unpaired) electrons. The number of hydrogen-bond acceptors (Lipinski definition) is 3. The Kier molecular flexibility index (Phi) is 6.54. The Labute approximate surface area is 192 Å². The molecule has 0 aliphatic rings. The summed E-state index contributed by atoms with van der Waals surface area (Å²) in [5.74, 6) is -0.0738. The van der Waals surface area contributed by atoms with E-state index in [2.05, 4.69) is 6.07 Å². The lowest BCUT2D eigenvalue weighted by Gasteiger charge is -2.23. The summed E-state index contributed by atoms with van der Waals surface area (Å²) in [6, 6.07) is 31.0. The molecular formula is C28H22ClNO2. The minimum atomic E-state index is -0.495. The number of hydrogen-bond donors (Lipinski definition) is 0. The van der Waals surface area contributed by atoms with Crippen molar-refractivity contribution < 1.29 is 9.53 Å². The minimum Gasteiger partial charge on any atom is -0.497 e. The van der Waals surface area contributed by atoms with Gasteiger partial charge in [0.15, 0.2) is 5.78 Å². The topological polar surface area (TPSA) is 50.1 Å². The third-order valence-electron chi connectivity index (χ3n) is 5.79. The summed E-state index contributed by atoms with van der Waals surface area (Å²) < 4.78 is 5.28. The average Bonchev–Trinajstić information content (AvgIpc) is 2.84. The molecule has 3 nitrogen and oxygen atoms in total. The molecule has 4 heteroatoms. The molecule has 0 fully saturated rings. The van der Waals surface area contributed by atoms with Crippen molar-refractivity contribution in [2.75, 3.05) is 7.11 Å². The lowest BCUT2D eigenvalue weighted by Crippen LogP contribution is -2.15. The standard InChI is InChI=1S/C28H22ClNO2/c1-32-25-14-10-20(11-15-25)26(27(18-30)21-8-12-24(29)13-9-21)17-28(31)23-7-6-19-4-2-3-5-22(19)16-23/h2-16,26-27H,17H2,1H3. The van der Waals surface area contributed by atoms with E-state index in [0.29, 0.717) is 10.6 Å². The molecule has 0 aliphatic heterocycles. The van der Waals surface area contributed by atoms with E-state index in [0.717, 1.165) is 27.6 Å². The zero-order valence-electron chi connectivity index (χ0n) is 17.7. The molecule has 32 heavy (non-hydrogen) atoms. The highest BCUT2D eigenvalue weighted by Crippen LogP contribution is 2.37. The number of fused-ring (bicyclic) bond motifs is 1. The number of carbonyl (C=O) groups is 1. The molecule has 4 rings (SSSR count). The van der Waals surface area contributed by atoms with Gasteiger partial charge >= 0.3 is 0 Å². The van der Waals surface area contributed by atoms with Gasteiger partial charge in [0.2, 0.25) is 0 Å². The first-order chi connectivity index (χ1) is 15.6. The molecule has 0 aromatic heterocycles. The lowest BCUT2D eigenvalue weighted by atomic mass is 9.78. The highest BCUT2D eigenvalue weighted by Gasteiger charge is 2.28. The van der Waals surface area contributed by atoms with Crippen molar-refractivity contribution in [2.24, 2.45) is 0 Å². The molecule has 0 saturated heterocycles. The molecule has 0 saturated carbocycles. The predicted molar refractivity (Wildman–Crippen MR) is 128 cm³/mol. The van der Waals surface area contributed by atoms with Gasteiger partial charge in [0.25, 0.3) is 0 Å². The lowest BCUT2D eigenvalue weighted by molar-refractivity contribution is 0.0972. The first-order valence-electron chi connectivity index (χ1n) is 10.4. The van der Waals surface area contributed by atoms with E-state index in [4.69, 9.17) is 16.3 Å². The van der Waals surface area contributed by atoms with E-state index >= 15 is 0 Å². The van der Waals surface area contributed by atoms with Gasteiger partial charge < -0.3 is 4.74 Å². The summed E-state index contributed by atoms with van der Waals surface area (Å²) in [5, 5.41) is 12.8. The number of rotatable bonds is 7. The zero-order chi connectivity index (χ0) is 22.5. The van der Waals surface area contributed by atoms with Gasteiger partial charge in [-0.15, -0.1) is 0 Å². The maximum atomic E-state index is 13.3. The second-order valence-electron chi connectivity index (χ2n) is 7.73. The molecular weight excluding hydrogens is 418 g/mol. The molecule has 4 aromatic rings. The van der Waals surface area contributed by atoms with E-state index in [1.807, 2.05) is 78.9 Å². The fraction of sp³-hybridized carbons (Fsp3) is 0.143. The van der Waals surface area contributed by atoms with Crippen LogP contribution >= 0.6 is 11.6 Å². The highest BCUT2D eigenvalue weighted by atomic mass is 35.5. The molecule has 0 amide bonds. The number of carbonyl (C=O) groups excluding carboxylic acids is 1. The molecule has 0 heterocycles. The number of benzene rings is 4. The number of halogens is 1. The van der Waals surface area contributed by atoms with Crippen molar-refractivity contribution >= 4 is 28.2 Å². The van der Waals surface area contributed by atoms with E-state index < -0.39 is 5.92 Å². The van der Waals surface area contributed by atoms with E-state index in [9.17, 15) is 10.1 Å². The first kappa shape index (κ1) is 21.6. The van der Waals surface area contributed by atoms with Crippen molar-refractivity contribution in [3.8, 4) is 11.8 Å². The normalized spacial score (nSPS) is 12.7. The van der Waals surface area contributed by atoms with Gasteiger partial charge in [-0.3, -0.25) is 4.79 Å². The van der Waals surface area contributed by atoms with Crippen LogP contribution in [0, 0.1) is 11.3 Å². The fourth-order valence-electron chi connectivity index (χ4n) is 4.03. The summed E-state index contributed by atoms with van der Waals surface area (Å²) in [6.07, 6.45) is 0.214. The van der Waals surface area contributed by atoms with Crippen LogP contribution in [-0.2, 0) is 0 Å². The van der Waals surface area contributed by atoms with Crippen LogP contribution in [0.3, 0.4) is 0 Å². The van der Waals surface area contributed by atoms with Crippen molar-refractivity contribution in [1.29, 1.82) is 5.26 Å². The summed E-state index contributed by atoms with van der Waals surface area (Å²) in [6.45, 7) is 0. The maximum Gasteiger partial charge on any atom is 0.163 e. The number of nitrogens with zero attached hydrogens (tertiary/aromatic N) is 1. The van der Waals surface area contributed by atoms with Crippen LogP contribution in [0.15, 0.2) is 91.0 Å². The Morgan fingerprint density at radius 1 is 0.906 bits per heavy atom. The van der Waals surface area contributed by atoms with Crippen LogP contribution in [-0.4, -0.2) is 12.9 Å². The Bertz CT molecular complexity index is 1270. The average molecular weight is 440 g/mol. The van der Waals surface area contributed by atoms with Gasteiger partial charge in [-0.1, -0.05) is 72.3 Å². The smallest absolute Gasteiger partial charge is 0.163 e. The number of methoxy groups -OCH3 is 1. The molecule has 0 aliphatic carbocycles. The van der Waals surface area contributed by atoms with Crippen molar-refractivity contribution in [1.82, 2.24) is 0 Å². The fourth-order valence-corrected chi connectivity index (χ4v) is 4.15. The van der Waals surface area contributed by atoms with Gasteiger partial charge in [0, 0.05) is 22.9 Å². The van der Waals surface area contributed by atoms with Gasteiger partial charge in [0.1, 0.15) is 5.75 Å². The second kappa shape index (κ2) is 9.68. The third-order valence-corrected chi connectivity index (χ3v) is 6.04. The van der Waals surface area contributed by atoms with E-state index in [1.165, 1.54) is 0 Å². The first-order valence-corrected chi connectivity index (χ1v) is 10.8. The van der Waals surface area contributed by atoms with Crippen molar-refractivity contribution in [2.45, 2.75) is 18.3 Å². The van der Waals surface area contributed by atoms with Crippen LogP contribution in [0.5, 0.6) is 5.75 Å². The number of ketones is 1. The molecule has 0 bridgehead atoms. The summed E-state index contributed by atoms with van der Waals surface area (Å²) >= 11 is 6.05. The quantitative estimate of drug-likeness (QED) is 0.287. The molecule has 0 N–H and O–H groups in total. The molecule has 0 spiro atoms. The van der Waals surface area contributed by atoms with Crippen LogP contribution in [0.4, 0.5) is 0 Å². The highest BCUT2D eigenvalue weighted by molar-refractivity contribution is 6.30. The zero-order valence-corrected chi connectivity index (χ0v) is 18.4.